The maximum absolute atomic E-state index is 13.4. The van der Waals surface area contributed by atoms with Gasteiger partial charge in [0.2, 0.25) is 41.1 Å². The van der Waals surface area contributed by atoms with Crippen LogP contribution in [0.25, 0.3) is 0 Å². The predicted octanol–water partition coefficient (Wildman–Crippen LogP) is -4.36. The molecule has 0 unspecified atom stereocenters. The van der Waals surface area contributed by atoms with Gasteiger partial charge in [0.1, 0.15) is 24.4 Å². The predicted molar refractivity (Wildman–Crippen MR) is 325 cm³/mol. The van der Waals surface area contributed by atoms with Gasteiger partial charge in [0, 0.05) is 58.5 Å². The van der Waals surface area contributed by atoms with E-state index >= 15 is 0 Å². The van der Waals surface area contributed by atoms with Crippen molar-refractivity contribution in [3.63, 3.8) is 0 Å². The Bertz CT molecular complexity index is 2420. The van der Waals surface area contributed by atoms with Crippen LogP contribution in [-0.4, -0.2) is 256 Å². The number of ether oxygens (including phenoxy) is 8. The summed E-state index contributed by atoms with van der Waals surface area (Å²) in [5.41, 5.74) is 22.1. The SMILES string of the molecule is CCCOCCOCCOCCOCCC(=O)N[C@H](CCC(=O)NCCCCCCNC(=O)O[C@@H]([C@@H]1OC(C(=O)O)=C[C@H](N=C(N)N)[C@H]1NC(C)=O)[C@H](O)CO)C(=O)NCC(=O)NCCCCCCNC(=O)O[C@@H]([C@@H]1OC(C(=O)O)=C[C@H](N=C(N)N)[C@H]1C)[C@H](O)CO. The first kappa shape index (κ1) is 80.2. The molecular weight excluding hydrogens is 1220 g/mol. The van der Waals surface area contributed by atoms with E-state index < -0.39 is 158 Å². The summed E-state index contributed by atoms with van der Waals surface area (Å²) >= 11 is 0. The van der Waals surface area contributed by atoms with E-state index in [1.807, 2.05) is 6.92 Å². The molecule has 11 atom stereocenters. The Labute approximate surface area is 533 Å². The van der Waals surface area contributed by atoms with E-state index in [-0.39, 0.29) is 71.2 Å². The van der Waals surface area contributed by atoms with E-state index in [4.69, 9.17) is 60.8 Å². The van der Waals surface area contributed by atoms with Gasteiger partial charge in [-0.1, -0.05) is 39.5 Å². The Morgan fingerprint density at radius 3 is 1.47 bits per heavy atom. The Kier molecular flexibility index (Phi) is 40.3. The van der Waals surface area contributed by atoms with Crippen LogP contribution < -0.4 is 60.2 Å². The molecule has 36 nitrogen and oxygen atoms in total. The van der Waals surface area contributed by atoms with Gasteiger partial charge >= 0.3 is 24.1 Å². The Morgan fingerprint density at radius 2 is 1.00 bits per heavy atom. The molecule has 2 aliphatic rings. The lowest BCUT2D eigenvalue weighted by Gasteiger charge is -2.39. The minimum atomic E-state index is -1.81. The van der Waals surface area contributed by atoms with E-state index in [0.717, 1.165) is 19.4 Å². The molecular formula is C56H97N13O23. The van der Waals surface area contributed by atoms with Crippen molar-refractivity contribution < 1.29 is 112 Å². The quantitative estimate of drug-likeness (QED) is 0.0155. The number of nitrogens with one attached hydrogen (secondary N) is 7. The van der Waals surface area contributed by atoms with Crippen LogP contribution in [0, 0.1) is 5.92 Å². The van der Waals surface area contributed by atoms with Crippen LogP contribution in [0.4, 0.5) is 9.59 Å². The van der Waals surface area contributed by atoms with Crippen LogP contribution in [0.5, 0.6) is 0 Å². The molecule has 21 N–H and O–H groups in total. The number of unbranched alkanes of at least 4 members (excludes halogenated alkanes) is 6. The summed E-state index contributed by atoms with van der Waals surface area (Å²) in [6, 6.07) is -4.61. The molecule has 0 aromatic heterocycles. The van der Waals surface area contributed by atoms with E-state index in [9.17, 15) is 73.8 Å². The summed E-state index contributed by atoms with van der Waals surface area (Å²) in [7, 11) is 0. The zero-order valence-corrected chi connectivity index (χ0v) is 52.4. The molecule has 524 valence electrons. The molecule has 0 aromatic rings. The molecule has 0 aliphatic carbocycles. The first-order valence-electron chi connectivity index (χ1n) is 30.5. The normalized spacial score (nSPS) is 19.2. The summed E-state index contributed by atoms with van der Waals surface area (Å²) in [6.07, 6.45) is -4.63. The third kappa shape index (κ3) is 33.4. The smallest absolute Gasteiger partial charge is 0.407 e. The minimum absolute atomic E-state index is 0.00170. The first-order valence-corrected chi connectivity index (χ1v) is 30.5. The van der Waals surface area contributed by atoms with Crippen molar-refractivity contribution in [2.24, 2.45) is 38.8 Å². The molecule has 2 heterocycles. The molecule has 0 bridgehead atoms. The number of alkyl carbamates (subject to hydrolysis) is 2. The van der Waals surface area contributed by atoms with Crippen molar-refractivity contribution in [2.75, 3.05) is 98.8 Å². The molecule has 0 saturated heterocycles. The number of rotatable bonds is 48. The van der Waals surface area contributed by atoms with Crippen molar-refractivity contribution in [2.45, 2.75) is 159 Å². The number of carbonyl (C=O) groups is 9. The Morgan fingerprint density at radius 1 is 0.565 bits per heavy atom. The fourth-order valence-electron chi connectivity index (χ4n) is 9.04. The molecule has 0 aromatic carbocycles. The van der Waals surface area contributed by atoms with Gasteiger partial charge in [-0.15, -0.1) is 0 Å². The van der Waals surface area contributed by atoms with Gasteiger partial charge in [-0.05, 0) is 50.7 Å². The molecule has 0 fully saturated rings. The number of hydrogen-bond donors (Lipinski definition) is 17. The fraction of sp³-hybridized carbons (Fsp3) is 0.732. The van der Waals surface area contributed by atoms with Crippen LogP contribution in [-0.2, 0) is 71.5 Å². The highest BCUT2D eigenvalue weighted by molar-refractivity contribution is 5.91. The van der Waals surface area contributed by atoms with E-state index in [0.29, 0.717) is 84.4 Å². The third-order valence-corrected chi connectivity index (χ3v) is 13.7. The molecule has 92 heavy (non-hydrogen) atoms. The van der Waals surface area contributed by atoms with Crippen LogP contribution in [0.1, 0.15) is 97.8 Å². The number of carboxylic acids is 2. The summed E-state index contributed by atoms with van der Waals surface area (Å²) in [5.74, 6) is -8.58. The molecule has 2 rings (SSSR count). The topological polar surface area (TPSA) is 562 Å². The fourth-order valence-corrected chi connectivity index (χ4v) is 9.04. The van der Waals surface area contributed by atoms with Crippen LogP contribution in [0.2, 0.25) is 0 Å². The van der Waals surface area contributed by atoms with Crippen LogP contribution in [0.15, 0.2) is 33.7 Å². The third-order valence-electron chi connectivity index (χ3n) is 13.7. The van der Waals surface area contributed by atoms with E-state index in [1.54, 1.807) is 6.92 Å². The highest BCUT2D eigenvalue weighted by atomic mass is 16.6. The number of aliphatic carboxylic acids is 2. The maximum Gasteiger partial charge on any atom is 0.407 e. The van der Waals surface area contributed by atoms with Gasteiger partial charge in [-0.2, -0.15) is 0 Å². The highest BCUT2D eigenvalue weighted by Gasteiger charge is 2.47. The number of hydrogen-bond acceptors (Lipinski definition) is 23. The van der Waals surface area contributed by atoms with Gasteiger partial charge in [0.25, 0.3) is 0 Å². The zero-order valence-electron chi connectivity index (χ0n) is 52.4. The first-order chi connectivity index (χ1) is 43.9. The highest BCUT2D eigenvalue weighted by Crippen LogP contribution is 2.31. The number of aliphatic imine (C=N–C) groups is 2. The molecule has 0 spiro atoms. The number of amides is 7. The largest absolute Gasteiger partial charge is 0.479 e. The van der Waals surface area contributed by atoms with Crippen molar-refractivity contribution >= 4 is 65.6 Å². The average molecular weight is 1320 g/mol. The van der Waals surface area contributed by atoms with Crippen molar-refractivity contribution in [3.8, 4) is 0 Å². The van der Waals surface area contributed by atoms with Gasteiger partial charge in [-0.25, -0.2) is 29.2 Å². The van der Waals surface area contributed by atoms with E-state index in [1.165, 1.54) is 6.08 Å². The Balaban J connectivity index is 1.85. The summed E-state index contributed by atoms with van der Waals surface area (Å²) < 4.78 is 43.6. The minimum Gasteiger partial charge on any atom is -0.479 e. The second kappa shape index (κ2) is 46.2. The van der Waals surface area contributed by atoms with E-state index in [2.05, 4.69) is 47.2 Å². The van der Waals surface area contributed by atoms with Crippen LogP contribution in [0.3, 0.4) is 0 Å². The summed E-state index contributed by atoms with van der Waals surface area (Å²) in [4.78, 5) is 122. The maximum atomic E-state index is 13.4. The van der Waals surface area contributed by atoms with Crippen molar-refractivity contribution in [3.05, 3.63) is 23.7 Å². The number of aliphatic hydroxyl groups excluding tert-OH is 4. The number of guanidine groups is 2. The number of aliphatic hydroxyl groups is 4. The number of carboxylic acid groups (broad SMARTS) is 2. The lowest BCUT2D eigenvalue weighted by molar-refractivity contribution is -0.147. The number of nitrogens with zero attached hydrogens (tertiary/aromatic N) is 2. The number of carbonyl (C=O) groups excluding carboxylic acids is 7. The Hall–Kier alpha value is -7.87. The van der Waals surface area contributed by atoms with Gasteiger partial charge < -0.3 is 129 Å². The summed E-state index contributed by atoms with van der Waals surface area (Å²) in [5, 5.41) is 78.0. The molecule has 7 amide bonds. The summed E-state index contributed by atoms with van der Waals surface area (Å²) in [6.45, 7) is 5.92. The average Bonchev–Trinajstić information content (AvgIpc) is 0.819. The van der Waals surface area contributed by atoms with Gasteiger partial charge in [0.15, 0.2) is 30.2 Å². The molecule has 36 heteroatoms. The standard InChI is InChI=1S/C56H97N13O23/c1-4-20-85-22-24-87-26-27-88-25-23-86-21-15-43(76)67-35(50(78)65-30-44(77)62-17-10-6-8-12-18-63-55(83)91-47(38(73)31-70)46-33(2)36(68-53(57)58)28-40(89-46)51(79)80)13-14-42(75)61-16-9-5-7-11-19-64-56(84)92-48(39(74)32-71)49-45(66-34(3)72)37(69-54(59)60)29-41(90-49)52(81)82/h28-29,33,35-39,45-49,70-71,73-74H,4-27,30-32H2,1-3H3,(H,61,75)(H,62,77)(H,63,83)(H,64,84)(H,65,78)(H,66,72)(H,67,76)(H,79,80)(H,81,82)(H4,57,58,68)(H4,59,60,69)/t33-,35-,36+,37+,38-,39-,45-,46-,47-,48-,49-/m1/s1. The lowest BCUT2D eigenvalue weighted by atomic mass is 9.87. The van der Waals surface area contributed by atoms with Gasteiger partial charge in [0.05, 0.1) is 84.1 Å². The van der Waals surface area contributed by atoms with Crippen molar-refractivity contribution in [1.82, 2.24) is 37.2 Å². The monoisotopic (exact) mass is 1320 g/mol. The molecule has 0 saturated carbocycles. The van der Waals surface area contributed by atoms with Gasteiger partial charge in [-0.3, -0.25) is 24.0 Å². The lowest BCUT2D eigenvalue weighted by Crippen LogP contribution is -2.61. The van der Waals surface area contributed by atoms with Crippen molar-refractivity contribution in [1.29, 1.82) is 0 Å². The van der Waals surface area contributed by atoms with Crippen LogP contribution >= 0.6 is 0 Å². The molecule has 2 aliphatic heterocycles. The molecule has 0 radical (unpaired) electrons. The second-order valence-corrected chi connectivity index (χ2v) is 21.2. The second-order valence-electron chi connectivity index (χ2n) is 21.2. The zero-order chi connectivity index (χ0) is 68.4. The number of nitrogens with two attached hydrogens (primary N) is 4.